The van der Waals surface area contributed by atoms with E-state index in [9.17, 15) is 0 Å². The molecular formula is C14H20N2. The number of fused-ring (bicyclic) bond motifs is 3. The van der Waals surface area contributed by atoms with Crippen LogP contribution in [-0.4, -0.2) is 24.2 Å². The summed E-state index contributed by atoms with van der Waals surface area (Å²) in [7, 11) is 0. The van der Waals surface area contributed by atoms with E-state index in [-0.39, 0.29) is 0 Å². The van der Waals surface area contributed by atoms with Crippen LogP contribution in [0.2, 0.25) is 0 Å². The summed E-state index contributed by atoms with van der Waals surface area (Å²) in [4.78, 5) is 2.61. The third-order valence-electron chi connectivity index (χ3n) is 4.03. The molecular weight excluding hydrogens is 196 g/mol. The Balaban J connectivity index is 1.56. The average Bonchev–Trinajstić information content (AvgIpc) is 2.39. The van der Waals surface area contributed by atoms with Crippen LogP contribution in [0, 0.1) is 5.92 Å². The molecule has 1 N–H and O–H groups in total. The zero-order valence-corrected chi connectivity index (χ0v) is 9.73. The second-order valence-electron chi connectivity index (χ2n) is 5.10. The largest absolute Gasteiger partial charge is 0.298 e. The summed E-state index contributed by atoms with van der Waals surface area (Å²) in [6.45, 7) is 3.61. The molecule has 0 amide bonds. The van der Waals surface area contributed by atoms with Crippen LogP contribution >= 0.6 is 0 Å². The molecule has 3 aliphatic heterocycles. The number of nitrogens with one attached hydrogen (secondary N) is 1. The van der Waals surface area contributed by atoms with Gasteiger partial charge in [-0.1, -0.05) is 30.3 Å². The van der Waals surface area contributed by atoms with Gasteiger partial charge in [0.05, 0.1) is 6.17 Å². The predicted molar refractivity (Wildman–Crippen MR) is 66.0 cm³/mol. The van der Waals surface area contributed by atoms with Crippen molar-refractivity contribution in [2.24, 2.45) is 5.92 Å². The Bertz CT molecular complexity index is 328. The summed E-state index contributed by atoms with van der Waals surface area (Å²) in [6, 6.07) is 10.7. The standard InChI is InChI=1S/C14H20N2/c1-2-4-13(5-3-1)11-15-14-10-12-6-8-16(14)9-7-12/h1-5,12,14-15H,6-11H2/t14-/m1/s1. The third kappa shape index (κ3) is 2.13. The van der Waals surface area contributed by atoms with Crippen molar-refractivity contribution in [3.63, 3.8) is 0 Å². The molecule has 2 bridgehead atoms. The second kappa shape index (κ2) is 4.56. The molecule has 0 aromatic heterocycles. The molecule has 3 aliphatic rings. The maximum absolute atomic E-state index is 3.70. The van der Waals surface area contributed by atoms with E-state index in [1.807, 2.05) is 0 Å². The highest BCUT2D eigenvalue weighted by Crippen LogP contribution is 2.30. The van der Waals surface area contributed by atoms with Gasteiger partial charge in [-0.15, -0.1) is 0 Å². The highest BCUT2D eigenvalue weighted by Gasteiger charge is 2.32. The lowest BCUT2D eigenvalue weighted by molar-refractivity contribution is 0.0303. The van der Waals surface area contributed by atoms with Crippen LogP contribution in [0.3, 0.4) is 0 Å². The molecule has 3 heterocycles. The normalized spacial score (nSPS) is 32.9. The molecule has 2 heteroatoms. The van der Waals surface area contributed by atoms with Gasteiger partial charge in [0.2, 0.25) is 0 Å². The fourth-order valence-electron chi connectivity index (χ4n) is 3.01. The van der Waals surface area contributed by atoms with Gasteiger partial charge in [0.1, 0.15) is 0 Å². The average molecular weight is 216 g/mol. The van der Waals surface area contributed by atoms with E-state index in [0.29, 0.717) is 6.17 Å². The molecule has 0 aliphatic carbocycles. The van der Waals surface area contributed by atoms with Gasteiger partial charge in [-0.3, -0.25) is 10.2 Å². The molecule has 86 valence electrons. The Kier molecular flexibility index (Phi) is 2.94. The van der Waals surface area contributed by atoms with Crippen molar-refractivity contribution >= 4 is 0 Å². The van der Waals surface area contributed by atoms with E-state index in [4.69, 9.17) is 0 Å². The summed E-state index contributed by atoms with van der Waals surface area (Å²) in [5.74, 6) is 0.985. The Morgan fingerprint density at radius 3 is 2.50 bits per heavy atom. The van der Waals surface area contributed by atoms with E-state index >= 15 is 0 Å². The van der Waals surface area contributed by atoms with Crippen molar-refractivity contribution in [2.75, 3.05) is 13.1 Å². The summed E-state index contributed by atoms with van der Waals surface area (Å²) in [5.41, 5.74) is 1.39. The predicted octanol–water partition coefficient (Wildman–Crippen LogP) is 2.22. The first-order valence-electron chi connectivity index (χ1n) is 6.43. The number of hydrogen-bond donors (Lipinski definition) is 1. The maximum atomic E-state index is 3.70. The smallest absolute Gasteiger partial charge is 0.0602 e. The Morgan fingerprint density at radius 2 is 1.88 bits per heavy atom. The molecule has 16 heavy (non-hydrogen) atoms. The van der Waals surface area contributed by atoms with Gasteiger partial charge >= 0.3 is 0 Å². The number of benzene rings is 1. The Morgan fingerprint density at radius 1 is 1.12 bits per heavy atom. The monoisotopic (exact) mass is 216 g/mol. The van der Waals surface area contributed by atoms with Crippen LogP contribution < -0.4 is 5.32 Å². The second-order valence-corrected chi connectivity index (χ2v) is 5.10. The Hall–Kier alpha value is -0.860. The molecule has 3 fully saturated rings. The van der Waals surface area contributed by atoms with E-state index in [1.165, 1.54) is 37.9 Å². The number of nitrogens with zero attached hydrogens (tertiary/aromatic N) is 1. The van der Waals surface area contributed by atoms with Crippen LogP contribution in [0.15, 0.2) is 30.3 Å². The number of rotatable bonds is 3. The molecule has 0 radical (unpaired) electrons. The Labute approximate surface area is 97.6 Å². The highest BCUT2D eigenvalue weighted by molar-refractivity contribution is 5.14. The van der Waals surface area contributed by atoms with Crippen LogP contribution in [-0.2, 0) is 6.54 Å². The van der Waals surface area contributed by atoms with Gasteiger partial charge in [0, 0.05) is 6.54 Å². The minimum Gasteiger partial charge on any atom is -0.298 e. The molecule has 1 aromatic carbocycles. The fourth-order valence-corrected chi connectivity index (χ4v) is 3.01. The molecule has 3 saturated heterocycles. The van der Waals surface area contributed by atoms with E-state index in [1.54, 1.807) is 0 Å². The third-order valence-corrected chi connectivity index (χ3v) is 4.03. The van der Waals surface area contributed by atoms with Crippen molar-refractivity contribution in [1.82, 2.24) is 10.2 Å². The van der Waals surface area contributed by atoms with Crippen molar-refractivity contribution in [3.05, 3.63) is 35.9 Å². The van der Waals surface area contributed by atoms with Crippen LogP contribution in [0.1, 0.15) is 24.8 Å². The molecule has 2 nitrogen and oxygen atoms in total. The molecule has 0 unspecified atom stereocenters. The van der Waals surface area contributed by atoms with Gasteiger partial charge < -0.3 is 0 Å². The molecule has 1 aromatic rings. The summed E-state index contributed by atoms with van der Waals surface area (Å²) >= 11 is 0. The van der Waals surface area contributed by atoms with Crippen LogP contribution in [0.5, 0.6) is 0 Å². The van der Waals surface area contributed by atoms with Gasteiger partial charge in [-0.05, 0) is 43.8 Å². The number of hydrogen-bond acceptors (Lipinski definition) is 2. The lowest BCUT2D eigenvalue weighted by Gasteiger charge is -2.45. The fraction of sp³-hybridized carbons (Fsp3) is 0.571. The molecule has 1 atom stereocenters. The topological polar surface area (TPSA) is 15.3 Å². The lowest BCUT2D eigenvalue weighted by atomic mass is 9.86. The van der Waals surface area contributed by atoms with Crippen molar-refractivity contribution in [1.29, 1.82) is 0 Å². The first-order valence-corrected chi connectivity index (χ1v) is 6.43. The van der Waals surface area contributed by atoms with Crippen LogP contribution in [0.25, 0.3) is 0 Å². The quantitative estimate of drug-likeness (QED) is 0.833. The van der Waals surface area contributed by atoms with Crippen molar-refractivity contribution in [3.8, 4) is 0 Å². The molecule has 0 spiro atoms. The first kappa shape index (κ1) is 10.3. The zero-order chi connectivity index (χ0) is 10.8. The number of piperidine rings is 3. The van der Waals surface area contributed by atoms with E-state index in [2.05, 4.69) is 40.5 Å². The summed E-state index contributed by atoms with van der Waals surface area (Å²) in [6.07, 6.45) is 4.83. The van der Waals surface area contributed by atoms with Gasteiger partial charge in [0.25, 0.3) is 0 Å². The first-order chi connectivity index (χ1) is 7.92. The van der Waals surface area contributed by atoms with Crippen LogP contribution in [0.4, 0.5) is 0 Å². The lowest BCUT2D eigenvalue weighted by Crippen LogP contribution is -2.54. The van der Waals surface area contributed by atoms with Gasteiger partial charge in [0.15, 0.2) is 0 Å². The minimum absolute atomic E-state index is 0.632. The summed E-state index contributed by atoms with van der Waals surface area (Å²) in [5, 5.41) is 3.70. The maximum Gasteiger partial charge on any atom is 0.0602 e. The van der Waals surface area contributed by atoms with Crippen molar-refractivity contribution in [2.45, 2.75) is 32.0 Å². The summed E-state index contributed by atoms with van der Waals surface area (Å²) < 4.78 is 0. The molecule has 4 rings (SSSR count). The zero-order valence-electron chi connectivity index (χ0n) is 9.73. The van der Waals surface area contributed by atoms with Crippen molar-refractivity contribution < 1.29 is 0 Å². The minimum atomic E-state index is 0.632. The van der Waals surface area contributed by atoms with Gasteiger partial charge in [-0.25, -0.2) is 0 Å². The van der Waals surface area contributed by atoms with Gasteiger partial charge in [-0.2, -0.15) is 0 Å². The SMILES string of the molecule is c1ccc(CN[C@H]2CC3CCN2CC3)cc1. The molecule has 0 saturated carbocycles. The van der Waals surface area contributed by atoms with E-state index in [0.717, 1.165) is 12.5 Å². The highest BCUT2D eigenvalue weighted by atomic mass is 15.3. The van der Waals surface area contributed by atoms with E-state index < -0.39 is 0 Å².